The highest BCUT2D eigenvalue weighted by molar-refractivity contribution is 6.32. The number of aromatic nitrogens is 4. The van der Waals surface area contributed by atoms with Gasteiger partial charge in [0.1, 0.15) is 5.02 Å². The quantitative estimate of drug-likeness (QED) is 0.811. The highest BCUT2D eigenvalue weighted by Crippen LogP contribution is 2.15. The Bertz CT molecular complexity index is 664. The van der Waals surface area contributed by atoms with Crippen LogP contribution in [0.2, 0.25) is 5.02 Å². The van der Waals surface area contributed by atoms with Crippen molar-refractivity contribution in [3.8, 4) is 0 Å². The second kappa shape index (κ2) is 6.33. The van der Waals surface area contributed by atoms with Crippen molar-refractivity contribution in [1.29, 1.82) is 0 Å². The standard InChI is InChI=1S/C12H14ClN5O2/c1-3-6-18-12(19)11(13)9(7-15-18)14-5-4-10-16-8(2)20-17-10/h3,7,14H,1,4-6H2,2H3. The van der Waals surface area contributed by atoms with Crippen LogP contribution >= 0.6 is 11.6 Å². The lowest BCUT2D eigenvalue weighted by atomic mass is 10.3. The summed E-state index contributed by atoms with van der Waals surface area (Å²) in [5.41, 5.74) is 0.129. The average molecular weight is 296 g/mol. The lowest BCUT2D eigenvalue weighted by molar-refractivity contribution is 0.387. The van der Waals surface area contributed by atoms with Crippen LogP contribution in [-0.2, 0) is 13.0 Å². The van der Waals surface area contributed by atoms with Gasteiger partial charge in [0.25, 0.3) is 5.56 Å². The van der Waals surface area contributed by atoms with Crippen molar-refractivity contribution in [1.82, 2.24) is 19.9 Å². The summed E-state index contributed by atoms with van der Waals surface area (Å²) in [6.45, 7) is 6.12. The Morgan fingerprint density at radius 1 is 1.60 bits per heavy atom. The van der Waals surface area contributed by atoms with E-state index >= 15 is 0 Å². The Hall–Kier alpha value is -2.15. The van der Waals surface area contributed by atoms with Crippen molar-refractivity contribution in [2.75, 3.05) is 11.9 Å². The first-order valence-electron chi connectivity index (χ1n) is 6.01. The topological polar surface area (TPSA) is 85.8 Å². The van der Waals surface area contributed by atoms with Gasteiger partial charge in [0.05, 0.1) is 18.4 Å². The average Bonchev–Trinajstić information content (AvgIpc) is 2.84. The molecule has 0 aliphatic heterocycles. The molecule has 0 radical (unpaired) electrons. The molecular formula is C12H14ClN5O2. The van der Waals surface area contributed by atoms with E-state index in [0.29, 0.717) is 36.9 Å². The molecule has 2 aromatic heterocycles. The molecule has 7 nitrogen and oxygen atoms in total. The van der Waals surface area contributed by atoms with E-state index in [4.69, 9.17) is 16.1 Å². The highest BCUT2D eigenvalue weighted by atomic mass is 35.5. The Labute approximate surface area is 120 Å². The third kappa shape index (κ3) is 3.24. The number of halogens is 1. The van der Waals surface area contributed by atoms with Crippen LogP contribution in [0, 0.1) is 6.92 Å². The predicted molar refractivity (Wildman–Crippen MR) is 74.9 cm³/mol. The van der Waals surface area contributed by atoms with E-state index < -0.39 is 0 Å². The summed E-state index contributed by atoms with van der Waals surface area (Å²) in [6, 6.07) is 0. The summed E-state index contributed by atoms with van der Waals surface area (Å²) >= 11 is 6.00. The molecule has 0 aliphatic carbocycles. The third-order valence-electron chi connectivity index (χ3n) is 2.52. The number of anilines is 1. The largest absolute Gasteiger partial charge is 0.382 e. The molecule has 0 aliphatic rings. The predicted octanol–water partition coefficient (Wildman–Crippen LogP) is 1.43. The fourth-order valence-electron chi connectivity index (χ4n) is 1.59. The van der Waals surface area contributed by atoms with Crippen molar-refractivity contribution >= 4 is 17.3 Å². The van der Waals surface area contributed by atoms with Gasteiger partial charge in [-0.25, -0.2) is 4.68 Å². The van der Waals surface area contributed by atoms with Crippen LogP contribution in [0.4, 0.5) is 5.69 Å². The van der Waals surface area contributed by atoms with E-state index in [2.05, 4.69) is 27.1 Å². The van der Waals surface area contributed by atoms with Crippen LogP contribution in [0.15, 0.2) is 28.2 Å². The van der Waals surface area contributed by atoms with E-state index in [-0.39, 0.29) is 10.6 Å². The number of allylic oxidation sites excluding steroid dienone is 1. The van der Waals surface area contributed by atoms with Crippen molar-refractivity contribution in [3.05, 3.63) is 45.9 Å². The second-order valence-corrected chi connectivity index (χ2v) is 4.43. The molecule has 8 heteroatoms. The second-order valence-electron chi connectivity index (χ2n) is 4.05. The third-order valence-corrected chi connectivity index (χ3v) is 2.89. The summed E-state index contributed by atoms with van der Waals surface area (Å²) in [6.07, 6.45) is 3.65. The van der Waals surface area contributed by atoms with E-state index in [9.17, 15) is 4.79 Å². The molecule has 0 unspecified atom stereocenters. The summed E-state index contributed by atoms with van der Waals surface area (Å²) in [5.74, 6) is 1.12. The Morgan fingerprint density at radius 2 is 2.40 bits per heavy atom. The number of nitrogens with zero attached hydrogens (tertiary/aromatic N) is 4. The number of hydrogen-bond acceptors (Lipinski definition) is 6. The molecule has 0 amide bonds. The first-order valence-corrected chi connectivity index (χ1v) is 6.39. The Kier molecular flexibility index (Phi) is 4.52. The zero-order valence-corrected chi connectivity index (χ0v) is 11.7. The molecular weight excluding hydrogens is 282 g/mol. The van der Waals surface area contributed by atoms with E-state index in [1.54, 1.807) is 13.0 Å². The normalized spacial score (nSPS) is 10.5. The van der Waals surface area contributed by atoms with Crippen molar-refractivity contribution in [2.24, 2.45) is 0 Å². The van der Waals surface area contributed by atoms with Gasteiger partial charge in [0, 0.05) is 19.9 Å². The van der Waals surface area contributed by atoms with E-state index in [1.165, 1.54) is 10.9 Å². The van der Waals surface area contributed by atoms with Gasteiger partial charge in [-0.2, -0.15) is 10.1 Å². The smallest absolute Gasteiger partial charge is 0.287 e. The van der Waals surface area contributed by atoms with Gasteiger partial charge in [-0.05, 0) is 0 Å². The molecule has 2 heterocycles. The monoisotopic (exact) mass is 295 g/mol. The molecule has 0 saturated heterocycles. The van der Waals surface area contributed by atoms with Gasteiger partial charge >= 0.3 is 0 Å². The minimum Gasteiger partial charge on any atom is -0.382 e. The van der Waals surface area contributed by atoms with Crippen LogP contribution in [-0.4, -0.2) is 26.5 Å². The molecule has 0 fully saturated rings. The summed E-state index contributed by atoms with van der Waals surface area (Å²) in [4.78, 5) is 15.9. The molecule has 20 heavy (non-hydrogen) atoms. The maximum atomic E-state index is 11.9. The number of hydrogen-bond donors (Lipinski definition) is 1. The van der Waals surface area contributed by atoms with Gasteiger partial charge in [0.15, 0.2) is 5.82 Å². The highest BCUT2D eigenvalue weighted by Gasteiger charge is 2.09. The molecule has 2 rings (SSSR count). The van der Waals surface area contributed by atoms with Gasteiger partial charge in [-0.15, -0.1) is 6.58 Å². The lowest BCUT2D eigenvalue weighted by Gasteiger charge is -2.08. The molecule has 0 aromatic carbocycles. The summed E-state index contributed by atoms with van der Waals surface area (Å²) in [7, 11) is 0. The number of rotatable bonds is 6. The summed E-state index contributed by atoms with van der Waals surface area (Å²) in [5, 5.41) is 10.9. The van der Waals surface area contributed by atoms with Gasteiger partial charge in [0.2, 0.25) is 5.89 Å². The Balaban J connectivity index is 2.01. The maximum absolute atomic E-state index is 11.9. The first kappa shape index (κ1) is 14.3. The molecule has 2 aromatic rings. The minimum atomic E-state index is -0.355. The number of nitrogens with one attached hydrogen (secondary N) is 1. The fourth-order valence-corrected chi connectivity index (χ4v) is 1.81. The lowest BCUT2D eigenvalue weighted by Crippen LogP contribution is -2.24. The van der Waals surface area contributed by atoms with Crippen LogP contribution in [0.5, 0.6) is 0 Å². The van der Waals surface area contributed by atoms with Crippen LogP contribution < -0.4 is 10.9 Å². The first-order chi connectivity index (χ1) is 9.61. The van der Waals surface area contributed by atoms with E-state index in [1.807, 2.05) is 0 Å². The molecule has 1 N–H and O–H groups in total. The van der Waals surface area contributed by atoms with E-state index in [0.717, 1.165) is 0 Å². The zero-order chi connectivity index (χ0) is 14.5. The van der Waals surface area contributed by atoms with Crippen molar-refractivity contribution in [2.45, 2.75) is 19.9 Å². The maximum Gasteiger partial charge on any atom is 0.287 e. The summed E-state index contributed by atoms with van der Waals surface area (Å²) < 4.78 is 6.10. The van der Waals surface area contributed by atoms with Crippen molar-refractivity contribution in [3.63, 3.8) is 0 Å². The zero-order valence-electron chi connectivity index (χ0n) is 11.0. The van der Waals surface area contributed by atoms with Crippen LogP contribution in [0.1, 0.15) is 11.7 Å². The molecule has 0 bridgehead atoms. The minimum absolute atomic E-state index is 0.103. The fraction of sp³-hybridized carbons (Fsp3) is 0.333. The molecule has 0 spiro atoms. The number of aryl methyl sites for hydroxylation is 1. The SMILES string of the molecule is C=CCn1ncc(NCCc2noc(C)n2)c(Cl)c1=O. The van der Waals surface area contributed by atoms with Gasteiger partial charge in [-0.3, -0.25) is 4.79 Å². The van der Waals surface area contributed by atoms with Gasteiger partial charge < -0.3 is 9.84 Å². The van der Waals surface area contributed by atoms with Crippen LogP contribution in [0.25, 0.3) is 0 Å². The molecule has 0 atom stereocenters. The molecule has 106 valence electrons. The van der Waals surface area contributed by atoms with Crippen molar-refractivity contribution < 1.29 is 4.52 Å². The molecule has 0 saturated carbocycles. The van der Waals surface area contributed by atoms with Crippen LogP contribution in [0.3, 0.4) is 0 Å². The van der Waals surface area contributed by atoms with Gasteiger partial charge in [-0.1, -0.05) is 22.8 Å². The Morgan fingerprint density at radius 3 is 3.05 bits per heavy atom.